The van der Waals surface area contributed by atoms with Crippen LogP contribution in [0.15, 0.2) is 36.8 Å². The van der Waals surface area contributed by atoms with Crippen molar-refractivity contribution >= 4 is 6.29 Å². The second-order valence-corrected chi connectivity index (χ2v) is 3.58. The molecule has 0 aliphatic heterocycles. The van der Waals surface area contributed by atoms with Crippen molar-refractivity contribution in [2.24, 2.45) is 0 Å². The third-order valence-corrected chi connectivity index (χ3v) is 2.22. The lowest BCUT2D eigenvalue weighted by molar-refractivity contribution is 0.111. The smallest absolute Gasteiger partial charge is 0.169 e. The lowest BCUT2D eigenvalue weighted by atomic mass is 10.1. The summed E-state index contributed by atoms with van der Waals surface area (Å²) in [6.07, 6.45) is 4.17. The van der Waals surface area contributed by atoms with Crippen LogP contribution in [0, 0.1) is 6.92 Å². The van der Waals surface area contributed by atoms with Crippen molar-refractivity contribution in [2.45, 2.75) is 13.5 Å². The molecule has 0 saturated carbocycles. The summed E-state index contributed by atoms with van der Waals surface area (Å²) in [5.74, 6) is 0. The Bertz CT molecular complexity index is 474. The fraction of sp³-hybridized carbons (Fsp3) is 0.167. The van der Waals surface area contributed by atoms with Gasteiger partial charge in [0.05, 0.1) is 6.33 Å². The molecule has 1 aromatic heterocycles. The molecule has 76 valence electrons. The highest BCUT2D eigenvalue weighted by Gasteiger charge is 1.98. The molecule has 3 heteroatoms. The van der Waals surface area contributed by atoms with Crippen molar-refractivity contribution in [1.29, 1.82) is 0 Å². The number of benzene rings is 1. The van der Waals surface area contributed by atoms with E-state index in [-0.39, 0.29) is 0 Å². The minimum atomic E-state index is 0.475. The molecule has 1 heterocycles. The van der Waals surface area contributed by atoms with Crippen molar-refractivity contribution in [2.75, 3.05) is 0 Å². The zero-order chi connectivity index (χ0) is 10.7. The lowest BCUT2D eigenvalue weighted by Crippen LogP contribution is -1.96. The molecule has 0 atom stereocenters. The van der Waals surface area contributed by atoms with Crippen LogP contribution in [-0.2, 0) is 6.54 Å². The Labute approximate surface area is 88.4 Å². The van der Waals surface area contributed by atoms with Gasteiger partial charge >= 0.3 is 0 Å². The average Bonchev–Trinajstić information content (AvgIpc) is 2.65. The predicted molar refractivity (Wildman–Crippen MR) is 57.9 cm³/mol. The molecular weight excluding hydrogens is 188 g/mol. The zero-order valence-corrected chi connectivity index (χ0v) is 8.55. The molecule has 0 spiro atoms. The first-order chi connectivity index (χ1) is 7.28. The average molecular weight is 200 g/mol. The summed E-state index contributed by atoms with van der Waals surface area (Å²) in [5.41, 5.74) is 2.93. The second kappa shape index (κ2) is 4.09. The first-order valence-corrected chi connectivity index (χ1v) is 4.80. The summed E-state index contributed by atoms with van der Waals surface area (Å²) in [5, 5.41) is 0. The number of rotatable bonds is 3. The fourth-order valence-corrected chi connectivity index (χ4v) is 1.55. The van der Waals surface area contributed by atoms with E-state index in [4.69, 9.17) is 0 Å². The Morgan fingerprint density at radius 2 is 2.33 bits per heavy atom. The van der Waals surface area contributed by atoms with Crippen LogP contribution in [0.2, 0.25) is 0 Å². The quantitative estimate of drug-likeness (QED) is 0.711. The Morgan fingerprint density at radius 1 is 1.47 bits per heavy atom. The van der Waals surface area contributed by atoms with Gasteiger partial charge in [-0.2, -0.15) is 0 Å². The molecule has 0 aliphatic carbocycles. The van der Waals surface area contributed by atoms with Crippen LogP contribution < -0.4 is 0 Å². The molecular formula is C12H12N2O. The molecule has 15 heavy (non-hydrogen) atoms. The van der Waals surface area contributed by atoms with E-state index in [0.717, 1.165) is 12.8 Å². The number of hydrogen-bond donors (Lipinski definition) is 0. The summed E-state index contributed by atoms with van der Waals surface area (Å²) in [7, 11) is 0. The number of nitrogens with zero attached hydrogens (tertiary/aromatic N) is 2. The molecule has 2 aromatic rings. The summed E-state index contributed by atoms with van der Waals surface area (Å²) < 4.78 is 1.90. The molecule has 0 bridgehead atoms. The minimum Gasteiger partial charge on any atom is -0.332 e. The Kier molecular flexibility index (Phi) is 2.63. The maximum absolute atomic E-state index is 10.5. The van der Waals surface area contributed by atoms with Gasteiger partial charge in [0.1, 0.15) is 5.69 Å². The lowest BCUT2D eigenvalue weighted by Gasteiger charge is -2.02. The van der Waals surface area contributed by atoms with Crippen LogP contribution in [0.5, 0.6) is 0 Å². The van der Waals surface area contributed by atoms with Gasteiger partial charge in [-0.3, -0.25) is 4.79 Å². The number of aryl methyl sites for hydroxylation is 1. The molecule has 0 N–H and O–H groups in total. The summed E-state index contributed by atoms with van der Waals surface area (Å²) >= 11 is 0. The van der Waals surface area contributed by atoms with Gasteiger partial charge in [-0.15, -0.1) is 0 Å². The topological polar surface area (TPSA) is 34.9 Å². The van der Waals surface area contributed by atoms with Crippen LogP contribution in [-0.4, -0.2) is 15.8 Å². The third-order valence-electron chi connectivity index (χ3n) is 2.22. The standard InChI is InChI=1S/C12H12N2O/c1-10-3-2-4-11(5-10)6-14-7-12(8-15)13-9-14/h2-5,7-9H,6H2,1H3. The summed E-state index contributed by atoms with van der Waals surface area (Å²) in [6, 6.07) is 8.28. The molecule has 2 rings (SSSR count). The van der Waals surface area contributed by atoms with Gasteiger partial charge in [-0.1, -0.05) is 29.8 Å². The highest BCUT2D eigenvalue weighted by molar-refractivity contribution is 5.70. The zero-order valence-electron chi connectivity index (χ0n) is 8.55. The van der Waals surface area contributed by atoms with Gasteiger partial charge in [-0.25, -0.2) is 4.98 Å². The van der Waals surface area contributed by atoms with Gasteiger partial charge in [0.2, 0.25) is 0 Å². The number of carbonyl (C=O) groups excluding carboxylic acids is 1. The van der Waals surface area contributed by atoms with E-state index < -0.39 is 0 Å². The van der Waals surface area contributed by atoms with E-state index in [1.165, 1.54) is 11.1 Å². The Balaban J connectivity index is 2.18. The van der Waals surface area contributed by atoms with E-state index in [9.17, 15) is 4.79 Å². The van der Waals surface area contributed by atoms with E-state index in [1.807, 2.05) is 10.6 Å². The maximum atomic E-state index is 10.5. The van der Waals surface area contributed by atoms with E-state index >= 15 is 0 Å². The monoisotopic (exact) mass is 200 g/mol. The fourth-order valence-electron chi connectivity index (χ4n) is 1.55. The van der Waals surface area contributed by atoms with Crippen LogP contribution in [0.4, 0.5) is 0 Å². The highest BCUT2D eigenvalue weighted by Crippen LogP contribution is 2.06. The first kappa shape index (κ1) is 9.65. The molecule has 0 unspecified atom stereocenters. The molecule has 0 saturated heterocycles. The number of carbonyl (C=O) groups is 1. The molecule has 0 amide bonds. The van der Waals surface area contributed by atoms with Crippen LogP contribution >= 0.6 is 0 Å². The Hall–Kier alpha value is -1.90. The van der Waals surface area contributed by atoms with Gasteiger partial charge in [-0.05, 0) is 12.5 Å². The minimum absolute atomic E-state index is 0.475. The number of hydrogen-bond acceptors (Lipinski definition) is 2. The van der Waals surface area contributed by atoms with Crippen molar-refractivity contribution in [3.63, 3.8) is 0 Å². The highest BCUT2D eigenvalue weighted by atomic mass is 16.1. The number of aldehydes is 1. The van der Waals surface area contributed by atoms with Gasteiger partial charge in [0.25, 0.3) is 0 Å². The van der Waals surface area contributed by atoms with Crippen LogP contribution in [0.1, 0.15) is 21.6 Å². The van der Waals surface area contributed by atoms with Crippen molar-refractivity contribution in [3.8, 4) is 0 Å². The molecule has 0 aliphatic rings. The second-order valence-electron chi connectivity index (χ2n) is 3.58. The number of aromatic nitrogens is 2. The van der Waals surface area contributed by atoms with Gasteiger partial charge < -0.3 is 4.57 Å². The van der Waals surface area contributed by atoms with Crippen molar-refractivity contribution < 1.29 is 4.79 Å². The van der Waals surface area contributed by atoms with Crippen LogP contribution in [0.3, 0.4) is 0 Å². The first-order valence-electron chi connectivity index (χ1n) is 4.80. The SMILES string of the molecule is Cc1cccc(Cn2cnc(C=O)c2)c1. The van der Waals surface area contributed by atoms with Crippen LogP contribution in [0.25, 0.3) is 0 Å². The van der Waals surface area contributed by atoms with Gasteiger partial charge in [0, 0.05) is 12.7 Å². The summed E-state index contributed by atoms with van der Waals surface area (Å²) in [6.45, 7) is 2.82. The predicted octanol–water partition coefficient (Wildman–Crippen LogP) is 2.05. The maximum Gasteiger partial charge on any atom is 0.169 e. The molecule has 0 fully saturated rings. The van der Waals surface area contributed by atoms with Gasteiger partial charge in [0.15, 0.2) is 6.29 Å². The van der Waals surface area contributed by atoms with E-state index in [0.29, 0.717) is 5.69 Å². The largest absolute Gasteiger partial charge is 0.332 e. The molecule has 1 aromatic carbocycles. The van der Waals surface area contributed by atoms with Crippen molar-refractivity contribution in [3.05, 3.63) is 53.6 Å². The number of imidazole rings is 1. The van der Waals surface area contributed by atoms with Crippen molar-refractivity contribution in [1.82, 2.24) is 9.55 Å². The normalized spacial score (nSPS) is 10.2. The van der Waals surface area contributed by atoms with E-state index in [1.54, 1.807) is 12.5 Å². The summed E-state index contributed by atoms with van der Waals surface area (Å²) in [4.78, 5) is 14.4. The molecule has 0 radical (unpaired) electrons. The van der Waals surface area contributed by atoms with E-state index in [2.05, 4.69) is 30.1 Å². The Morgan fingerprint density at radius 3 is 3.00 bits per heavy atom. The third kappa shape index (κ3) is 2.31. The molecule has 3 nitrogen and oxygen atoms in total.